The smallest absolute Gasteiger partial charge is 0.328 e. The van der Waals surface area contributed by atoms with Gasteiger partial charge in [0.05, 0.1) is 11.5 Å². The van der Waals surface area contributed by atoms with Gasteiger partial charge < -0.3 is 24.9 Å². The summed E-state index contributed by atoms with van der Waals surface area (Å²) in [5.41, 5.74) is 0.133. The standard InChI is InChI=1S/C43H67N5O10/c1-4-5-6-7-8-9-10-11-12-13-14-15-16-27-38(31(2)39(51)44-34-24-19-22-29-48(56)42(34)53)58-43(54)35(25-20-21-28-47(55)32(3)49)45-40(52)36-30-57-41(46-36)33-23-17-18-26-37(33)50/h17-18,23,26,30-31,34-35,38,50,55-56H,4-16,19-22,24-25,27-29H2,1-3H3,(H,44,51)(H,45,52)/t31-,34-,35+,38+/m1/s1. The van der Waals surface area contributed by atoms with E-state index < -0.39 is 53.7 Å². The molecule has 0 radical (unpaired) electrons. The predicted octanol–water partition coefficient (Wildman–Crippen LogP) is 7.47. The lowest BCUT2D eigenvalue weighted by Crippen LogP contribution is -2.50. The summed E-state index contributed by atoms with van der Waals surface area (Å²) in [6, 6.07) is 4.24. The molecule has 4 atom stereocenters. The number of amides is 4. The van der Waals surface area contributed by atoms with Crippen molar-refractivity contribution in [2.45, 2.75) is 167 Å². The van der Waals surface area contributed by atoms with Crippen LogP contribution in [0.4, 0.5) is 0 Å². The molecule has 0 spiro atoms. The maximum absolute atomic E-state index is 14.0. The summed E-state index contributed by atoms with van der Waals surface area (Å²) in [6.45, 7) is 5.28. The van der Waals surface area contributed by atoms with Gasteiger partial charge in [0.15, 0.2) is 5.69 Å². The Kier molecular flexibility index (Phi) is 21.9. The Morgan fingerprint density at radius 2 is 1.55 bits per heavy atom. The molecule has 15 heteroatoms. The highest BCUT2D eigenvalue weighted by atomic mass is 16.5. The zero-order valence-corrected chi connectivity index (χ0v) is 34.8. The number of phenols is 1. The Morgan fingerprint density at radius 1 is 0.931 bits per heavy atom. The molecule has 1 saturated heterocycles. The number of nitrogens with zero attached hydrogens (tertiary/aromatic N) is 3. The first kappa shape index (κ1) is 47.9. The lowest BCUT2D eigenvalue weighted by atomic mass is 9.96. The number of unbranched alkanes of at least 4 members (excludes halogenated alkanes) is 13. The molecule has 0 saturated carbocycles. The number of rotatable bonds is 27. The first-order valence-electron chi connectivity index (χ1n) is 21.5. The van der Waals surface area contributed by atoms with Crippen LogP contribution >= 0.6 is 0 Å². The zero-order chi connectivity index (χ0) is 42.3. The number of carbonyl (C=O) groups excluding carboxylic acids is 5. The topological polar surface area (TPSA) is 212 Å². The Morgan fingerprint density at radius 3 is 2.19 bits per heavy atom. The third-order valence-corrected chi connectivity index (χ3v) is 10.7. The van der Waals surface area contributed by atoms with Crippen LogP contribution in [0, 0.1) is 5.92 Å². The van der Waals surface area contributed by atoms with Crippen LogP contribution in [0.25, 0.3) is 11.5 Å². The van der Waals surface area contributed by atoms with Gasteiger partial charge in [-0.2, -0.15) is 0 Å². The van der Waals surface area contributed by atoms with Gasteiger partial charge in [0, 0.05) is 20.0 Å². The maximum atomic E-state index is 14.0. The fourth-order valence-electron chi connectivity index (χ4n) is 7.04. The minimum Gasteiger partial charge on any atom is -0.507 e. The van der Waals surface area contributed by atoms with Gasteiger partial charge in [0.2, 0.25) is 17.7 Å². The quantitative estimate of drug-likeness (QED) is 0.0258. The number of ether oxygens (including phenoxy) is 1. The van der Waals surface area contributed by atoms with Crippen LogP contribution in [0.2, 0.25) is 0 Å². The van der Waals surface area contributed by atoms with Crippen molar-refractivity contribution in [3.05, 3.63) is 36.2 Å². The lowest BCUT2D eigenvalue weighted by Gasteiger charge is -2.28. The fourth-order valence-corrected chi connectivity index (χ4v) is 7.04. The first-order chi connectivity index (χ1) is 27.9. The molecular formula is C43H67N5O10. The number of hydrogen-bond donors (Lipinski definition) is 5. The average molecular weight is 814 g/mol. The van der Waals surface area contributed by atoms with Gasteiger partial charge in [0.1, 0.15) is 30.2 Å². The van der Waals surface area contributed by atoms with Crippen molar-refractivity contribution in [1.82, 2.24) is 25.7 Å². The summed E-state index contributed by atoms with van der Waals surface area (Å²) in [5.74, 6) is -4.08. The number of para-hydroxylation sites is 1. The average Bonchev–Trinajstić information content (AvgIpc) is 3.65. The van der Waals surface area contributed by atoms with E-state index in [1.54, 1.807) is 25.1 Å². The molecule has 3 rings (SSSR count). The van der Waals surface area contributed by atoms with Gasteiger partial charge >= 0.3 is 5.97 Å². The summed E-state index contributed by atoms with van der Waals surface area (Å²) in [7, 11) is 0. The molecule has 2 heterocycles. The van der Waals surface area contributed by atoms with Crippen molar-refractivity contribution in [1.29, 1.82) is 0 Å². The highest BCUT2D eigenvalue weighted by Crippen LogP contribution is 2.28. The van der Waals surface area contributed by atoms with E-state index in [1.807, 2.05) is 0 Å². The molecule has 324 valence electrons. The Hall–Kier alpha value is -4.50. The Labute approximate surface area is 343 Å². The van der Waals surface area contributed by atoms with E-state index in [9.17, 15) is 39.5 Å². The summed E-state index contributed by atoms with van der Waals surface area (Å²) in [4.78, 5) is 69.5. The molecule has 1 aliphatic heterocycles. The zero-order valence-electron chi connectivity index (χ0n) is 34.8. The highest BCUT2D eigenvalue weighted by Gasteiger charge is 2.34. The van der Waals surface area contributed by atoms with Crippen LogP contribution in [0.1, 0.15) is 160 Å². The molecule has 1 aliphatic rings. The van der Waals surface area contributed by atoms with Gasteiger partial charge in [-0.3, -0.25) is 29.6 Å². The van der Waals surface area contributed by atoms with Gasteiger partial charge in [-0.1, -0.05) is 103 Å². The summed E-state index contributed by atoms with van der Waals surface area (Å²) >= 11 is 0. The first-order valence-corrected chi connectivity index (χ1v) is 21.5. The van der Waals surface area contributed by atoms with E-state index in [-0.39, 0.29) is 42.4 Å². The molecule has 1 aromatic carbocycles. The van der Waals surface area contributed by atoms with E-state index in [1.165, 1.54) is 64.4 Å². The number of aromatic nitrogens is 1. The minimum atomic E-state index is -1.20. The van der Waals surface area contributed by atoms with E-state index >= 15 is 0 Å². The van der Waals surface area contributed by atoms with Gasteiger partial charge in [-0.25, -0.2) is 19.9 Å². The second kappa shape index (κ2) is 26.5. The molecule has 1 fully saturated rings. The van der Waals surface area contributed by atoms with Crippen LogP contribution in [0.5, 0.6) is 5.75 Å². The summed E-state index contributed by atoms with van der Waals surface area (Å²) < 4.78 is 11.5. The number of hydroxylamine groups is 4. The Bertz CT molecular complexity index is 1570. The molecule has 15 nitrogen and oxygen atoms in total. The highest BCUT2D eigenvalue weighted by molar-refractivity contribution is 5.95. The minimum absolute atomic E-state index is 0.00354. The van der Waals surface area contributed by atoms with Crippen molar-refractivity contribution < 1.29 is 48.6 Å². The number of benzene rings is 1. The number of aromatic hydroxyl groups is 1. The van der Waals surface area contributed by atoms with Crippen LogP contribution < -0.4 is 10.6 Å². The number of oxazole rings is 1. The van der Waals surface area contributed by atoms with Crippen molar-refractivity contribution in [2.24, 2.45) is 5.92 Å². The van der Waals surface area contributed by atoms with Crippen LogP contribution in [-0.2, 0) is 23.9 Å². The largest absolute Gasteiger partial charge is 0.507 e. The van der Waals surface area contributed by atoms with Gasteiger partial charge in [0.25, 0.3) is 11.8 Å². The van der Waals surface area contributed by atoms with E-state index in [2.05, 4.69) is 22.5 Å². The monoisotopic (exact) mass is 813 g/mol. The maximum Gasteiger partial charge on any atom is 0.328 e. The number of nitrogens with one attached hydrogen (secondary N) is 2. The predicted molar refractivity (Wildman–Crippen MR) is 217 cm³/mol. The second-order valence-electron chi connectivity index (χ2n) is 15.5. The molecular weight excluding hydrogens is 746 g/mol. The van der Waals surface area contributed by atoms with Crippen LogP contribution in [0.3, 0.4) is 0 Å². The third-order valence-electron chi connectivity index (χ3n) is 10.7. The molecule has 0 unspecified atom stereocenters. The van der Waals surface area contributed by atoms with Gasteiger partial charge in [-0.15, -0.1) is 0 Å². The van der Waals surface area contributed by atoms with Crippen molar-refractivity contribution in [3.8, 4) is 17.2 Å². The van der Waals surface area contributed by atoms with E-state index in [4.69, 9.17) is 9.15 Å². The fraction of sp³-hybridized carbons (Fsp3) is 0.674. The molecule has 2 aromatic rings. The number of esters is 1. The lowest BCUT2D eigenvalue weighted by molar-refractivity contribution is -0.167. The summed E-state index contributed by atoms with van der Waals surface area (Å²) in [6.07, 6.45) is 17.9. The second-order valence-corrected chi connectivity index (χ2v) is 15.5. The SMILES string of the molecule is CCCCCCCCCCCCCCC[C@H](OC(=O)[C@H](CCCCN(O)C(C)=O)NC(=O)c1coc(-c2ccccc2O)n1)[C@@H](C)C(=O)N[C@@H]1CCCCN(O)C1=O. The number of carbonyl (C=O) groups is 5. The molecule has 58 heavy (non-hydrogen) atoms. The Balaban J connectivity index is 1.69. The van der Waals surface area contributed by atoms with Crippen molar-refractivity contribution in [3.63, 3.8) is 0 Å². The van der Waals surface area contributed by atoms with Crippen molar-refractivity contribution >= 4 is 29.6 Å². The molecule has 4 amide bonds. The molecule has 0 bridgehead atoms. The van der Waals surface area contributed by atoms with Gasteiger partial charge in [-0.05, 0) is 63.5 Å². The normalized spacial score (nSPS) is 15.9. The third kappa shape index (κ3) is 16.8. The van der Waals surface area contributed by atoms with Crippen LogP contribution in [-0.4, -0.2) is 91.5 Å². The molecule has 0 aliphatic carbocycles. The van der Waals surface area contributed by atoms with E-state index in [0.717, 1.165) is 31.9 Å². The number of phenolic OH excluding ortho intramolecular Hbond substituents is 1. The van der Waals surface area contributed by atoms with E-state index in [0.29, 0.717) is 55.1 Å². The number of hydrogen-bond acceptors (Lipinski definition) is 11. The molecule has 5 N–H and O–H groups in total. The van der Waals surface area contributed by atoms with Crippen LogP contribution in [0.15, 0.2) is 34.9 Å². The van der Waals surface area contributed by atoms with Crippen molar-refractivity contribution in [2.75, 3.05) is 13.1 Å². The molecule has 1 aromatic heterocycles. The summed E-state index contributed by atoms with van der Waals surface area (Å²) in [5, 5.41) is 36.8.